The molecule has 0 aliphatic carbocycles. The van der Waals surface area contributed by atoms with Crippen molar-refractivity contribution >= 4 is 23.7 Å². The molecule has 0 bridgehead atoms. The van der Waals surface area contributed by atoms with Gasteiger partial charge in [-0.3, -0.25) is 4.79 Å². The van der Waals surface area contributed by atoms with Crippen LogP contribution in [0, 0.1) is 0 Å². The molecule has 2 N–H and O–H groups in total. The Bertz CT molecular complexity index is 373. The van der Waals surface area contributed by atoms with Gasteiger partial charge in [-0.15, -0.1) is 11.8 Å². The van der Waals surface area contributed by atoms with E-state index in [0.717, 1.165) is 10.5 Å². The van der Waals surface area contributed by atoms with Gasteiger partial charge in [0.15, 0.2) is 0 Å². The summed E-state index contributed by atoms with van der Waals surface area (Å²) in [6.07, 6.45) is 3.79. The first-order valence-corrected chi connectivity index (χ1v) is 4.88. The fraction of sp³-hybridized carbons (Fsp3) is 0.100. The molecule has 13 heavy (non-hydrogen) atoms. The second-order valence-corrected chi connectivity index (χ2v) is 4.02. The van der Waals surface area contributed by atoms with Gasteiger partial charge in [-0.25, -0.2) is 0 Å². The lowest BCUT2D eigenvalue weighted by Gasteiger charge is -2.15. The number of carbonyl (C=O) groups is 1. The molecule has 1 aromatic rings. The fourth-order valence-electron chi connectivity index (χ4n) is 1.25. The lowest BCUT2D eigenvalue weighted by molar-refractivity contribution is -0.116. The van der Waals surface area contributed by atoms with Gasteiger partial charge in [-0.2, -0.15) is 0 Å². The third-order valence-corrected chi connectivity index (χ3v) is 3.17. The molecule has 1 aliphatic rings. The van der Waals surface area contributed by atoms with Crippen molar-refractivity contribution in [1.29, 1.82) is 0 Å². The first-order chi connectivity index (χ1) is 6.27. The number of fused-ring (bicyclic) bond motifs is 1. The molecule has 3 heteroatoms. The number of thioether (sulfide) groups is 1. The van der Waals surface area contributed by atoms with Gasteiger partial charge in [0.1, 0.15) is 5.25 Å². The quantitative estimate of drug-likeness (QED) is 0.733. The van der Waals surface area contributed by atoms with Crippen LogP contribution in [-0.4, -0.2) is 11.2 Å². The van der Waals surface area contributed by atoms with E-state index in [9.17, 15) is 4.79 Å². The van der Waals surface area contributed by atoms with Crippen molar-refractivity contribution < 1.29 is 4.79 Å². The maximum absolute atomic E-state index is 10.9. The van der Waals surface area contributed by atoms with Gasteiger partial charge in [0.25, 0.3) is 0 Å². The Balaban J connectivity index is 2.34. The van der Waals surface area contributed by atoms with Crippen molar-refractivity contribution in [3.05, 3.63) is 35.9 Å². The normalized spacial score (nSPS) is 19.5. The SMILES string of the molecule is NC(=O)C1C=Cc2ccccc2S1. The summed E-state index contributed by atoms with van der Waals surface area (Å²) < 4.78 is 0. The van der Waals surface area contributed by atoms with E-state index in [-0.39, 0.29) is 11.2 Å². The number of primary amides is 1. The molecule has 0 saturated heterocycles. The predicted octanol–water partition coefficient (Wildman–Crippen LogP) is 1.66. The van der Waals surface area contributed by atoms with Gasteiger partial charge in [-0.05, 0) is 11.6 Å². The molecule has 0 aromatic heterocycles. The average Bonchev–Trinajstić information content (AvgIpc) is 2.17. The summed E-state index contributed by atoms with van der Waals surface area (Å²) in [5, 5.41) is -0.213. The summed E-state index contributed by atoms with van der Waals surface area (Å²) in [4.78, 5) is 12.0. The minimum Gasteiger partial charge on any atom is -0.368 e. The van der Waals surface area contributed by atoms with Crippen LogP contribution in [0.4, 0.5) is 0 Å². The lowest BCUT2D eigenvalue weighted by atomic mass is 10.2. The van der Waals surface area contributed by atoms with Crippen LogP contribution in [0.3, 0.4) is 0 Å². The van der Waals surface area contributed by atoms with Crippen LogP contribution in [0.2, 0.25) is 0 Å². The molecule has 1 amide bonds. The number of nitrogens with two attached hydrogens (primary N) is 1. The number of hydrogen-bond donors (Lipinski definition) is 1. The van der Waals surface area contributed by atoms with Gasteiger partial charge < -0.3 is 5.73 Å². The van der Waals surface area contributed by atoms with Crippen molar-refractivity contribution in [3.8, 4) is 0 Å². The Morgan fingerprint density at radius 1 is 1.38 bits per heavy atom. The largest absolute Gasteiger partial charge is 0.368 e. The Labute approximate surface area is 80.8 Å². The fourth-order valence-corrected chi connectivity index (χ4v) is 2.22. The number of hydrogen-bond acceptors (Lipinski definition) is 2. The van der Waals surface area contributed by atoms with E-state index < -0.39 is 0 Å². The number of benzene rings is 1. The van der Waals surface area contributed by atoms with E-state index in [0.29, 0.717) is 0 Å². The van der Waals surface area contributed by atoms with E-state index in [4.69, 9.17) is 5.73 Å². The zero-order chi connectivity index (χ0) is 9.26. The van der Waals surface area contributed by atoms with Crippen LogP contribution in [0.5, 0.6) is 0 Å². The Hall–Kier alpha value is -1.22. The average molecular weight is 191 g/mol. The molecule has 0 radical (unpaired) electrons. The van der Waals surface area contributed by atoms with E-state index >= 15 is 0 Å². The summed E-state index contributed by atoms with van der Waals surface area (Å²) in [5.74, 6) is -0.282. The molecule has 2 rings (SSSR count). The summed E-state index contributed by atoms with van der Waals surface area (Å²) in [7, 11) is 0. The third-order valence-electron chi connectivity index (χ3n) is 1.90. The van der Waals surface area contributed by atoms with E-state index in [2.05, 4.69) is 0 Å². The minimum atomic E-state index is -0.282. The maximum atomic E-state index is 10.9. The number of carbonyl (C=O) groups excluding carboxylic acids is 1. The molecule has 1 aliphatic heterocycles. The second-order valence-electron chi connectivity index (χ2n) is 2.84. The molecule has 1 heterocycles. The minimum absolute atomic E-state index is 0.213. The third kappa shape index (κ3) is 1.60. The van der Waals surface area contributed by atoms with Crippen LogP contribution in [0.25, 0.3) is 6.08 Å². The molecule has 1 unspecified atom stereocenters. The first kappa shape index (κ1) is 8.38. The van der Waals surface area contributed by atoms with Crippen molar-refractivity contribution in [1.82, 2.24) is 0 Å². The lowest BCUT2D eigenvalue weighted by Crippen LogP contribution is -2.24. The van der Waals surface area contributed by atoms with Crippen molar-refractivity contribution in [2.45, 2.75) is 10.1 Å². The zero-order valence-electron chi connectivity index (χ0n) is 6.94. The Morgan fingerprint density at radius 3 is 2.92 bits per heavy atom. The highest BCUT2D eigenvalue weighted by Gasteiger charge is 2.17. The van der Waals surface area contributed by atoms with Crippen molar-refractivity contribution in [2.75, 3.05) is 0 Å². The number of amides is 1. The van der Waals surface area contributed by atoms with Gasteiger partial charge >= 0.3 is 0 Å². The smallest absolute Gasteiger partial charge is 0.234 e. The van der Waals surface area contributed by atoms with E-state index in [1.54, 1.807) is 0 Å². The monoisotopic (exact) mass is 191 g/mol. The van der Waals surface area contributed by atoms with Gasteiger partial charge in [-0.1, -0.05) is 30.4 Å². The van der Waals surface area contributed by atoms with Crippen LogP contribution < -0.4 is 5.73 Å². The topological polar surface area (TPSA) is 43.1 Å². The van der Waals surface area contributed by atoms with Crippen LogP contribution >= 0.6 is 11.8 Å². The molecule has 66 valence electrons. The van der Waals surface area contributed by atoms with Gasteiger partial charge in [0, 0.05) is 4.90 Å². The molecule has 2 nitrogen and oxygen atoms in total. The number of rotatable bonds is 1. The summed E-state index contributed by atoms with van der Waals surface area (Å²) in [6.45, 7) is 0. The van der Waals surface area contributed by atoms with Gasteiger partial charge in [0.2, 0.25) is 5.91 Å². The first-order valence-electron chi connectivity index (χ1n) is 4.00. The summed E-state index contributed by atoms with van der Waals surface area (Å²) in [6, 6.07) is 7.97. The molecular weight excluding hydrogens is 182 g/mol. The molecule has 0 saturated carbocycles. The highest BCUT2D eigenvalue weighted by atomic mass is 32.2. The molecule has 0 fully saturated rings. The standard InChI is InChI=1S/C10H9NOS/c11-10(12)9-6-5-7-3-1-2-4-8(7)13-9/h1-6,9H,(H2,11,12). The van der Waals surface area contributed by atoms with Gasteiger partial charge in [0.05, 0.1) is 0 Å². The summed E-state index contributed by atoms with van der Waals surface area (Å²) >= 11 is 1.50. The van der Waals surface area contributed by atoms with E-state index in [1.165, 1.54) is 11.8 Å². The summed E-state index contributed by atoms with van der Waals surface area (Å²) in [5.41, 5.74) is 6.37. The molecule has 0 spiro atoms. The van der Waals surface area contributed by atoms with E-state index in [1.807, 2.05) is 36.4 Å². The van der Waals surface area contributed by atoms with Crippen LogP contribution in [0.15, 0.2) is 35.2 Å². The predicted molar refractivity (Wildman–Crippen MR) is 54.3 cm³/mol. The van der Waals surface area contributed by atoms with Crippen molar-refractivity contribution in [2.24, 2.45) is 5.73 Å². The second kappa shape index (κ2) is 3.26. The van der Waals surface area contributed by atoms with Crippen LogP contribution in [0.1, 0.15) is 5.56 Å². The Morgan fingerprint density at radius 2 is 2.15 bits per heavy atom. The van der Waals surface area contributed by atoms with Crippen molar-refractivity contribution in [3.63, 3.8) is 0 Å². The highest BCUT2D eigenvalue weighted by molar-refractivity contribution is 8.01. The molecule has 1 atom stereocenters. The highest BCUT2D eigenvalue weighted by Crippen LogP contribution is 2.32. The molecular formula is C10H9NOS. The van der Waals surface area contributed by atoms with Crippen LogP contribution in [-0.2, 0) is 4.79 Å². The maximum Gasteiger partial charge on any atom is 0.234 e. The molecule has 1 aromatic carbocycles. The Kier molecular flexibility index (Phi) is 2.10. The zero-order valence-corrected chi connectivity index (χ0v) is 7.75.